The summed E-state index contributed by atoms with van der Waals surface area (Å²) < 4.78 is 5.17. The summed E-state index contributed by atoms with van der Waals surface area (Å²) in [6.45, 7) is 1.91. The van der Waals surface area contributed by atoms with Crippen LogP contribution in [0.4, 0.5) is 11.4 Å². The Morgan fingerprint density at radius 1 is 1.37 bits per heavy atom. The lowest BCUT2D eigenvalue weighted by Gasteiger charge is -2.09. The highest BCUT2D eigenvalue weighted by atomic mass is 16.5. The topological polar surface area (TPSA) is 77.2 Å². The van der Waals surface area contributed by atoms with Gasteiger partial charge in [0.25, 0.3) is 5.91 Å². The Labute approximate surface area is 111 Å². The number of amides is 1. The molecule has 1 amide bonds. The van der Waals surface area contributed by atoms with Gasteiger partial charge in [-0.2, -0.15) is 0 Å². The molecule has 0 atom stereocenters. The molecule has 98 valence electrons. The number of rotatable bonds is 3. The molecule has 0 bridgehead atoms. The van der Waals surface area contributed by atoms with Crippen molar-refractivity contribution < 1.29 is 9.53 Å². The van der Waals surface area contributed by atoms with Gasteiger partial charge in [-0.3, -0.25) is 9.78 Å². The minimum absolute atomic E-state index is 0.260. The van der Waals surface area contributed by atoms with E-state index in [-0.39, 0.29) is 5.91 Å². The number of anilines is 2. The third-order valence-electron chi connectivity index (χ3n) is 2.75. The first-order valence-corrected chi connectivity index (χ1v) is 5.77. The van der Waals surface area contributed by atoms with Crippen LogP contribution in [0, 0.1) is 6.92 Å². The summed E-state index contributed by atoms with van der Waals surface area (Å²) in [7, 11) is 1.61. The van der Waals surface area contributed by atoms with Crippen LogP contribution in [0.1, 0.15) is 15.9 Å². The lowest BCUT2D eigenvalue weighted by atomic mass is 10.1. The van der Waals surface area contributed by atoms with Crippen molar-refractivity contribution in [1.29, 1.82) is 0 Å². The minimum Gasteiger partial charge on any atom is -0.496 e. The molecule has 0 unspecified atom stereocenters. The second kappa shape index (κ2) is 5.39. The van der Waals surface area contributed by atoms with E-state index in [2.05, 4.69) is 10.3 Å². The van der Waals surface area contributed by atoms with Crippen molar-refractivity contribution in [1.82, 2.24) is 4.98 Å². The fourth-order valence-corrected chi connectivity index (χ4v) is 1.77. The Morgan fingerprint density at radius 3 is 2.79 bits per heavy atom. The number of ether oxygens (including phenoxy) is 1. The summed E-state index contributed by atoms with van der Waals surface area (Å²) in [4.78, 5) is 15.9. The van der Waals surface area contributed by atoms with E-state index in [1.807, 2.05) is 13.0 Å². The van der Waals surface area contributed by atoms with Gasteiger partial charge in [-0.25, -0.2) is 0 Å². The van der Waals surface area contributed by atoms with Gasteiger partial charge < -0.3 is 15.8 Å². The third kappa shape index (κ3) is 2.82. The Hall–Kier alpha value is -2.56. The number of nitrogens with zero attached hydrogens (tertiary/aromatic N) is 1. The molecular weight excluding hydrogens is 242 g/mol. The van der Waals surface area contributed by atoms with Gasteiger partial charge in [-0.1, -0.05) is 0 Å². The minimum atomic E-state index is -0.260. The van der Waals surface area contributed by atoms with Crippen LogP contribution < -0.4 is 15.8 Å². The van der Waals surface area contributed by atoms with Gasteiger partial charge >= 0.3 is 0 Å². The van der Waals surface area contributed by atoms with Gasteiger partial charge in [0.2, 0.25) is 0 Å². The molecule has 3 N–H and O–H groups in total. The Morgan fingerprint density at radius 2 is 2.16 bits per heavy atom. The molecule has 5 nitrogen and oxygen atoms in total. The molecule has 0 aliphatic rings. The standard InChI is InChI=1S/C14H15N3O2/c1-9-7-10(3-4-13(9)19-2)17-14(18)11-5-6-16-8-12(11)15/h3-8H,15H2,1-2H3,(H,17,18). The first-order valence-electron chi connectivity index (χ1n) is 5.77. The molecule has 1 aromatic carbocycles. The molecule has 2 aromatic rings. The van der Waals surface area contributed by atoms with Crippen LogP contribution >= 0.6 is 0 Å². The summed E-state index contributed by atoms with van der Waals surface area (Å²) in [6, 6.07) is 7.01. The first-order chi connectivity index (χ1) is 9.11. The van der Waals surface area contributed by atoms with E-state index in [4.69, 9.17) is 10.5 Å². The summed E-state index contributed by atoms with van der Waals surface area (Å²) in [5, 5.41) is 2.79. The second-order valence-electron chi connectivity index (χ2n) is 4.10. The van der Waals surface area contributed by atoms with Crippen molar-refractivity contribution in [2.75, 3.05) is 18.2 Å². The molecule has 0 saturated carbocycles. The highest BCUT2D eigenvalue weighted by Crippen LogP contribution is 2.22. The number of aromatic nitrogens is 1. The maximum atomic E-state index is 12.1. The normalized spacial score (nSPS) is 10.0. The number of hydrogen-bond donors (Lipinski definition) is 2. The van der Waals surface area contributed by atoms with Crippen molar-refractivity contribution in [2.24, 2.45) is 0 Å². The molecule has 0 aliphatic heterocycles. The number of nitrogen functional groups attached to an aromatic ring is 1. The zero-order chi connectivity index (χ0) is 13.8. The van der Waals surface area contributed by atoms with E-state index in [0.717, 1.165) is 11.3 Å². The highest BCUT2D eigenvalue weighted by molar-refractivity contribution is 6.07. The van der Waals surface area contributed by atoms with E-state index >= 15 is 0 Å². The van der Waals surface area contributed by atoms with Crippen LogP contribution in [-0.4, -0.2) is 18.0 Å². The fourth-order valence-electron chi connectivity index (χ4n) is 1.77. The SMILES string of the molecule is COc1ccc(NC(=O)c2ccncc2N)cc1C. The van der Waals surface area contributed by atoms with Crippen molar-refractivity contribution >= 4 is 17.3 Å². The average molecular weight is 257 g/mol. The number of benzene rings is 1. The highest BCUT2D eigenvalue weighted by Gasteiger charge is 2.10. The Balaban J connectivity index is 2.20. The van der Waals surface area contributed by atoms with Gasteiger partial charge in [0.15, 0.2) is 0 Å². The molecular formula is C14H15N3O2. The van der Waals surface area contributed by atoms with Gasteiger partial charge in [0.1, 0.15) is 5.75 Å². The number of pyridine rings is 1. The van der Waals surface area contributed by atoms with Crippen molar-refractivity contribution in [3.63, 3.8) is 0 Å². The van der Waals surface area contributed by atoms with Gasteiger partial charge in [-0.05, 0) is 36.8 Å². The summed E-state index contributed by atoms with van der Waals surface area (Å²) in [6.07, 6.45) is 2.98. The molecule has 1 heterocycles. The van der Waals surface area contributed by atoms with E-state index in [0.29, 0.717) is 16.9 Å². The van der Waals surface area contributed by atoms with Gasteiger partial charge in [0, 0.05) is 11.9 Å². The maximum absolute atomic E-state index is 12.1. The number of carbonyl (C=O) groups is 1. The average Bonchev–Trinajstić information content (AvgIpc) is 2.39. The van der Waals surface area contributed by atoms with Crippen LogP contribution in [0.2, 0.25) is 0 Å². The van der Waals surface area contributed by atoms with Gasteiger partial charge in [0.05, 0.1) is 24.6 Å². The lowest BCUT2D eigenvalue weighted by Crippen LogP contribution is -2.14. The predicted molar refractivity (Wildman–Crippen MR) is 74.3 cm³/mol. The van der Waals surface area contributed by atoms with E-state index in [1.54, 1.807) is 25.3 Å². The van der Waals surface area contributed by atoms with Crippen LogP contribution in [0.5, 0.6) is 5.75 Å². The molecule has 0 spiro atoms. The molecule has 5 heteroatoms. The number of methoxy groups -OCH3 is 1. The Kier molecular flexibility index (Phi) is 3.66. The number of hydrogen-bond acceptors (Lipinski definition) is 4. The molecule has 0 fully saturated rings. The molecule has 0 saturated heterocycles. The van der Waals surface area contributed by atoms with Crippen LogP contribution in [0.25, 0.3) is 0 Å². The number of nitrogens with two attached hydrogens (primary N) is 1. The van der Waals surface area contributed by atoms with Crippen LogP contribution in [0.3, 0.4) is 0 Å². The third-order valence-corrected chi connectivity index (χ3v) is 2.75. The molecule has 1 aromatic heterocycles. The lowest BCUT2D eigenvalue weighted by molar-refractivity contribution is 0.102. The van der Waals surface area contributed by atoms with E-state index in [9.17, 15) is 4.79 Å². The Bertz CT molecular complexity index is 611. The number of carbonyl (C=O) groups excluding carboxylic acids is 1. The maximum Gasteiger partial charge on any atom is 0.257 e. The first kappa shape index (κ1) is 12.9. The predicted octanol–water partition coefficient (Wildman–Crippen LogP) is 2.23. The molecule has 2 rings (SSSR count). The van der Waals surface area contributed by atoms with Gasteiger partial charge in [-0.15, -0.1) is 0 Å². The summed E-state index contributed by atoms with van der Waals surface area (Å²) >= 11 is 0. The monoisotopic (exact) mass is 257 g/mol. The molecule has 19 heavy (non-hydrogen) atoms. The molecule has 0 radical (unpaired) electrons. The van der Waals surface area contributed by atoms with E-state index in [1.165, 1.54) is 12.4 Å². The quantitative estimate of drug-likeness (QED) is 0.884. The van der Waals surface area contributed by atoms with Crippen molar-refractivity contribution in [2.45, 2.75) is 6.92 Å². The van der Waals surface area contributed by atoms with Crippen LogP contribution in [0.15, 0.2) is 36.7 Å². The zero-order valence-corrected chi connectivity index (χ0v) is 10.8. The fraction of sp³-hybridized carbons (Fsp3) is 0.143. The number of nitrogens with one attached hydrogen (secondary N) is 1. The smallest absolute Gasteiger partial charge is 0.257 e. The summed E-state index contributed by atoms with van der Waals surface area (Å²) in [5.74, 6) is 0.519. The molecule has 0 aliphatic carbocycles. The zero-order valence-electron chi connectivity index (χ0n) is 10.8. The largest absolute Gasteiger partial charge is 0.496 e. The van der Waals surface area contributed by atoms with Crippen molar-refractivity contribution in [3.8, 4) is 5.75 Å². The number of aryl methyl sites for hydroxylation is 1. The van der Waals surface area contributed by atoms with Crippen molar-refractivity contribution in [3.05, 3.63) is 47.8 Å². The summed E-state index contributed by atoms with van der Waals surface area (Å²) in [5.41, 5.74) is 8.11. The second-order valence-corrected chi connectivity index (χ2v) is 4.10. The van der Waals surface area contributed by atoms with E-state index < -0.39 is 0 Å². The van der Waals surface area contributed by atoms with Crippen LogP contribution in [-0.2, 0) is 0 Å².